The maximum Gasteiger partial charge on any atom is 0.326 e. The predicted molar refractivity (Wildman–Crippen MR) is 111 cm³/mol. The third-order valence-electron chi connectivity index (χ3n) is 4.29. The lowest BCUT2D eigenvalue weighted by molar-refractivity contribution is -0.150. The number of nitrogens with one attached hydrogen (secondary N) is 1. The average Bonchev–Trinajstić information content (AvgIpc) is 2.64. The van der Waals surface area contributed by atoms with Gasteiger partial charge < -0.3 is 15.3 Å². The van der Waals surface area contributed by atoms with Crippen LogP contribution in [0.4, 0.5) is 0 Å². The molecule has 0 aliphatic rings. The van der Waals surface area contributed by atoms with Crippen molar-refractivity contribution in [1.82, 2.24) is 10.2 Å². The number of nitrogens with zero attached hydrogens (tertiary/aromatic N) is 1. The number of carbonyl (C=O) groups excluding carboxylic acids is 1. The van der Waals surface area contributed by atoms with Crippen LogP contribution in [0.5, 0.6) is 0 Å². The Hall–Kier alpha value is -2.37. The molecular formula is C22H27ClN2O3. The minimum absolute atomic E-state index is 0.0651. The molecule has 0 bridgehead atoms. The molecule has 1 amide bonds. The van der Waals surface area contributed by atoms with Crippen LogP contribution in [0.1, 0.15) is 31.9 Å². The van der Waals surface area contributed by atoms with Crippen LogP contribution in [-0.4, -0.2) is 40.0 Å². The first-order valence-corrected chi connectivity index (χ1v) is 9.59. The topological polar surface area (TPSA) is 69.6 Å². The van der Waals surface area contributed by atoms with Crippen molar-refractivity contribution in [2.24, 2.45) is 0 Å². The van der Waals surface area contributed by atoms with Gasteiger partial charge in [-0.15, -0.1) is 0 Å². The van der Waals surface area contributed by atoms with Crippen LogP contribution < -0.4 is 5.32 Å². The van der Waals surface area contributed by atoms with Crippen LogP contribution >= 0.6 is 11.6 Å². The molecule has 28 heavy (non-hydrogen) atoms. The molecule has 1 atom stereocenters. The minimum Gasteiger partial charge on any atom is -0.480 e. The van der Waals surface area contributed by atoms with E-state index >= 15 is 0 Å². The molecule has 0 aromatic heterocycles. The standard InChI is InChI=1S/C22H27ClN2O3/c1-22(2,3)24-14-20(26)25(15-17-9-11-18(23)12-10-17)19(21(27)28)13-16-7-5-4-6-8-16/h4-12,19,24H,13-15H2,1-3H3,(H,27,28)/t19-/m0/s1. The largest absolute Gasteiger partial charge is 0.480 e. The first-order valence-electron chi connectivity index (χ1n) is 9.21. The smallest absolute Gasteiger partial charge is 0.326 e. The van der Waals surface area contributed by atoms with Gasteiger partial charge in [0.05, 0.1) is 6.54 Å². The Labute approximate surface area is 171 Å². The summed E-state index contributed by atoms with van der Waals surface area (Å²) in [6.07, 6.45) is 0.241. The third kappa shape index (κ3) is 6.98. The normalized spacial score (nSPS) is 12.4. The van der Waals surface area contributed by atoms with Crippen molar-refractivity contribution in [2.75, 3.05) is 6.54 Å². The van der Waals surface area contributed by atoms with Gasteiger partial charge in [-0.05, 0) is 44.0 Å². The van der Waals surface area contributed by atoms with E-state index in [9.17, 15) is 14.7 Å². The SMILES string of the molecule is CC(C)(C)NCC(=O)N(Cc1ccc(Cl)cc1)[C@@H](Cc1ccccc1)C(=O)O. The summed E-state index contributed by atoms with van der Waals surface area (Å²) in [6.45, 7) is 6.15. The predicted octanol–water partition coefficient (Wildman–Crippen LogP) is 3.75. The van der Waals surface area contributed by atoms with Gasteiger partial charge in [-0.25, -0.2) is 4.79 Å². The molecule has 0 fully saturated rings. The number of aliphatic carboxylic acids is 1. The summed E-state index contributed by atoms with van der Waals surface area (Å²) in [4.78, 5) is 26.5. The molecule has 0 unspecified atom stereocenters. The van der Waals surface area contributed by atoms with E-state index in [0.29, 0.717) is 5.02 Å². The lowest BCUT2D eigenvalue weighted by Crippen LogP contribution is -2.51. The molecule has 0 spiro atoms. The number of carboxylic acid groups (broad SMARTS) is 1. The maximum absolute atomic E-state index is 13.0. The number of benzene rings is 2. The van der Waals surface area contributed by atoms with Crippen LogP contribution in [0.25, 0.3) is 0 Å². The summed E-state index contributed by atoms with van der Waals surface area (Å²) < 4.78 is 0. The van der Waals surface area contributed by atoms with Crippen molar-refractivity contribution in [1.29, 1.82) is 0 Å². The van der Waals surface area contributed by atoms with E-state index in [4.69, 9.17) is 11.6 Å². The van der Waals surface area contributed by atoms with E-state index < -0.39 is 12.0 Å². The fourth-order valence-corrected chi connectivity index (χ4v) is 2.90. The monoisotopic (exact) mass is 402 g/mol. The molecule has 0 heterocycles. The molecule has 0 aliphatic carbocycles. The molecule has 0 saturated carbocycles. The van der Waals surface area contributed by atoms with Gasteiger partial charge in [0.1, 0.15) is 6.04 Å². The van der Waals surface area contributed by atoms with Gasteiger partial charge in [0, 0.05) is 23.5 Å². The molecular weight excluding hydrogens is 376 g/mol. The summed E-state index contributed by atoms with van der Waals surface area (Å²) in [7, 11) is 0. The number of hydrogen-bond donors (Lipinski definition) is 2. The first kappa shape index (κ1) is 21.9. The summed E-state index contributed by atoms with van der Waals surface area (Å²) >= 11 is 5.95. The molecule has 2 aromatic carbocycles. The van der Waals surface area contributed by atoms with Gasteiger partial charge in [0.25, 0.3) is 0 Å². The van der Waals surface area contributed by atoms with E-state index in [0.717, 1.165) is 11.1 Å². The van der Waals surface area contributed by atoms with Crippen molar-refractivity contribution in [3.8, 4) is 0 Å². The lowest BCUT2D eigenvalue weighted by atomic mass is 10.0. The third-order valence-corrected chi connectivity index (χ3v) is 4.54. The number of halogens is 1. The summed E-state index contributed by atoms with van der Waals surface area (Å²) in [6, 6.07) is 15.5. The summed E-state index contributed by atoms with van der Waals surface area (Å²) in [5, 5.41) is 13.6. The molecule has 0 radical (unpaired) electrons. The number of hydrogen-bond acceptors (Lipinski definition) is 3. The fraction of sp³-hybridized carbons (Fsp3) is 0.364. The highest BCUT2D eigenvalue weighted by atomic mass is 35.5. The first-order chi connectivity index (χ1) is 13.2. The number of amides is 1. The van der Waals surface area contributed by atoms with E-state index in [2.05, 4.69) is 5.32 Å². The van der Waals surface area contributed by atoms with E-state index in [1.165, 1.54) is 4.90 Å². The molecule has 150 valence electrons. The van der Waals surface area contributed by atoms with Crippen molar-refractivity contribution in [2.45, 2.75) is 45.3 Å². The maximum atomic E-state index is 13.0. The lowest BCUT2D eigenvalue weighted by Gasteiger charge is -2.31. The van der Waals surface area contributed by atoms with E-state index in [1.807, 2.05) is 51.1 Å². The highest BCUT2D eigenvalue weighted by molar-refractivity contribution is 6.30. The Bertz CT molecular complexity index is 786. The zero-order valence-corrected chi connectivity index (χ0v) is 17.2. The van der Waals surface area contributed by atoms with Gasteiger partial charge >= 0.3 is 5.97 Å². The van der Waals surface area contributed by atoms with E-state index in [-0.39, 0.29) is 31.0 Å². The Kier molecular flexibility index (Phi) is 7.61. The molecule has 5 nitrogen and oxygen atoms in total. The highest BCUT2D eigenvalue weighted by Gasteiger charge is 2.30. The molecule has 0 saturated heterocycles. The number of carboxylic acids is 1. The van der Waals surface area contributed by atoms with Crippen LogP contribution in [0.3, 0.4) is 0 Å². The average molecular weight is 403 g/mol. The van der Waals surface area contributed by atoms with Gasteiger partial charge in [-0.3, -0.25) is 4.79 Å². The second-order valence-electron chi connectivity index (χ2n) is 7.80. The van der Waals surface area contributed by atoms with E-state index in [1.54, 1.807) is 24.3 Å². The van der Waals surface area contributed by atoms with Crippen LogP contribution in [0.2, 0.25) is 5.02 Å². The molecule has 2 aromatic rings. The Morgan fingerprint density at radius 2 is 1.64 bits per heavy atom. The van der Waals surface area contributed by atoms with Crippen LogP contribution in [0, 0.1) is 0 Å². The van der Waals surface area contributed by atoms with Crippen LogP contribution in [0.15, 0.2) is 54.6 Å². The Morgan fingerprint density at radius 1 is 1.04 bits per heavy atom. The second-order valence-corrected chi connectivity index (χ2v) is 8.23. The quantitative estimate of drug-likeness (QED) is 0.705. The molecule has 2 N–H and O–H groups in total. The minimum atomic E-state index is -1.03. The highest BCUT2D eigenvalue weighted by Crippen LogP contribution is 2.17. The second kappa shape index (κ2) is 9.71. The Morgan fingerprint density at radius 3 is 2.18 bits per heavy atom. The molecule has 2 rings (SSSR count). The summed E-state index contributed by atoms with van der Waals surface area (Å²) in [5.74, 6) is -1.28. The van der Waals surface area contributed by atoms with Gasteiger partial charge in [0.2, 0.25) is 5.91 Å². The Balaban J connectivity index is 2.28. The van der Waals surface area contributed by atoms with Crippen LogP contribution in [-0.2, 0) is 22.6 Å². The molecule has 6 heteroatoms. The van der Waals surface area contributed by atoms with Crippen molar-refractivity contribution in [3.05, 3.63) is 70.7 Å². The number of carbonyl (C=O) groups is 2. The number of rotatable bonds is 8. The van der Waals surface area contributed by atoms with Gasteiger partial charge in [-0.1, -0.05) is 54.1 Å². The zero-order chi connectivity index (χ0) is 20.7. The fourth-order valence-electron chi connectivity index (χ4n) is 2.77. The van der Waals surface area contributed by atoms with Gasteiger partial charge in [-0.2, -0.15) is 0 Å². The van der Waals surface area contributed by atoms with Gasteiger partial charge in [0.15, 0.2) is 0 Å². The van der Waals surface area contributed by atoms with Crippen molar-refractivity contribution >= 4 is 23.5 Å². The van der Waals surface area contributed by atoms with Crippen molar-refractivity contribution in [3.63, 3.8) is 0 Å². The summed E-state index contributed by atoms with van der Waals surface area (Å²) in [5.41, 5.74) is 1.44. The zero-order valence-electron chi connectivity index (χ0n) is 16.5. The van der Waals surface area contributed by atoms with Crippen molar-refractivity contribution < 1.29 is 14.7 Å². The molecule has 0 aliphatic heterocycles.